The average molecular weight is 663 g/mol. The van der Waals surface area contributed by atoms with Gasteiger partial charge in [0.2, 0.25) is 0 Å². The molecule has 0 bridgehead atoms. The van der Waals surface area contributed by atoms with Crippen LogP contribution in [0.1, 0.15) is 0 Å². The highest BCUT2D eigenvalue weighted by atomic mass is 15.1. The first-order valence-electron chi connectivity index (χ1n) is 17.9. The molecule has 0 N–H and O–H groups in total. The van der Waals surface area contributed by atoms with E-state index in [0.717, 1.165) is 22.7 Å². The molecule has 0 fully saturated rings. The third-order valence-corrected chi connectivity index (χ3v) is 10.4. The topological polar surface area (TPSA) is 8.17 Å². The van der Waals surface area contributed by atoms with Crippen LogP contribution in [0.15, 0.2) is 206 Å². The Balaban J connectivity index is 1.05. The monoisotopic (exact) mass is 662 g/mol. The lowest BCUT2D eigenvalue weighted by molar-refractivity contribution is 1.18. The van der Waals surface area contributed by atoms with Crippen molar-refractivity contribution in [3.05, 3.63) is 206 Å². The second kappa shape index (κ2) is 12.5. The first kappa shape index (κ1) is 30.0. The summed E-state index contributed by atoms with van der Waals surface area (Å²) < 4.78 is 2.42. The van der Waals surface area contributed by atoms with Crippen molar-refractivity contribution in [2.45, 2.75) is 0 Å². The van der Waals surface area contributed by atoms with Crippen LogP contribution in [0.5, 0.6) is 0 Å². The molecule has 0 amide bonds. The lowest BCUT2D eigenvalue weighted by Gasteiger charge is -2.26. The number of para-hydroxylation sites is 2. The Kier molecular flexibility index (Phi) is 7.18. The molecule has 0 saturated heterocycles. The summed E-state index contributed by atoms with van der Waals surface area (Å²) in [5.74, 6) is 0. The maximum Gasteiger partial charge on any atom is 0.0619 e. The Bertz CT molecular complexity index is 2880. The minimum absolute atomic E-state index is 1.10. The van der Waals surface area contributed by atoms with Crippen molar-refractivity contribution in [2.75, 3.05) is 4.90 Å². The first-order chi connectivity index (χ1) is 25.8. The number of rotatable bonds is 6. The summed E-state index contributed by atoms with van der Waals surface area (Å²) in [6.07, 6.45) is 0. The molecule has 2 nitrogen and oxygen atoms in total. The van der Waals surface area contributed by atoms with E-state index >= 15 is 0 Å². The van der Waals surface area contributed by atoms with Crippen LogP contribution in [-0.2, 0) is 0 Å². The van der Waals surface area contributed by atoms with Gasteiger partial charge in [0.1, 0.15) is 0 Å². The Labute approximate surface area is 303 Å². The summed E-state index contributed by atoms with van der Waals surface area (Å²) in [7, 11) is 0. The summed E-state index contributed by atoms with van der Waals surface area (Å²) in [4.78, 5) is 2.34. The van der Waals surface area contributed by atoms with Crippen LogP contribution >= 0.6 is 0 Å². The van der Waals surface area contributed by atoms with Gasteiger partial charge in [-0.3, -0.25) is 0 Å². The molecule has 0 saturated carbocycles. The fourth-order valence-corrected chi connectivity index (χ4v) is 7.91. The Morgan fingerprint density at radius 3 is 1.63 bits per heavy atom. The lowest BCUT2D eigenvalue weighted by atomic mass is 9.93. The molecule has 0 unspecified atom stereocenters. The van der Waals surface area contributed by atoms with Crippen molar-refractivity contribution in [3.8, 4) is 27.9 Å². The second-order valence-corrected chi connectivity index (χ2v) is 13.4. The van der Waals surface area contributed by atoms with E-state index in [-0.39, 0.29) is 0 Å². The van der Waals surface area contributed by atoms with Crippen molar-refractivity contribution >= 4 is 60.4 Å². The molecule has 2 heteroatoms. The van der Waals surface area contributed by atoms with Gasteiger partial charge in [-0.2, -0.15) is 0 Å². The SMILES string of the molecule is c1ccc(N(c2ccc(-c3ccccc3-c3ccc4ccccc4c3)cc2)c2ccc(-n3c4ccccc4c4ccc5ccccc5c43)cc2)cc1. The Morgan fingerprint density at radius 1 is 0.327 bits per heavy atom. The molecule has 1 aromatic heterocycles. The summed E-state index contributed by atoms with van der Waals surface area (Å²) >= 11 is 0. The largest absolute Gasteiger partial charge is 0.311 e. The van der Waals surface area contributed by atoms with Crippen molar-refractivity contribution in [1.82, 2.24) is 4.57 Å². The zero-order valence-electron chi connectivity index (χ0n) is 28.5. The Morgan fingerprint density at radius 2 is 0.865 bits per heavy atom. The molecule has 52 heavy (non-hydrogen) atoms. The molecule has 0 aliphatic rings. The molecule has 10 aromatic rings. The lowest BCUT2D eigenvalue weighted by Crippen LogP contribution is -2.10. The van der Waals surface area contributed by atoms with Gasteiger partial charge in [0, 0.05) is 38.9 Å². The van der Waals surface area contributed by atoms with Crippen LogP contribution in [0.4, 0.5) is 17.1 Å². The second-order valence-electron chi connectivity index (χ2n) is 13.4. The highest BCUT2D eigenvalue weighted by molar-refractivity contribution is 6.18. The van der Waals surface area contributed by atoms with Crippen LogP contribution in [0.3, 0.4) is 0 Å². The molecular weight excluding hydrogens is 629 g/mol. The fourth-order valence-electron chi connectivity index (χ4n) is 7.91. The van der Waals surface area contributed by atoms with Gasteiger partial charge in [-0.25, -0.2) is 0 Å². The number of aromatic nitrogens is 1. The normalized spacial score (nSPS) is 11.5. The molecule has 0 aliphatic heterocycles. The van der Waals surface area contributed by atoms with E-state index in [1.807, 2.05) is 0 Å². The summed E-state index contributed by atoms with van der Waals surface area (Å²) in [5, 5.41) is 7.54. The fraction of sp³-hybridized carbons (Fsp3) is 0. The summed E-state index contributed by atoms with van der Waals surface area (Å²) in [6.45, 7) is 0. The minimum Gasteiger partial charge on any atom is -0.311 e. The van der Waals surface area contributed by atoms with E-state index in [4.69, 9.17) is 0 Å². The van der Waals surface area contributed by atoms with Crippen molar-refractivity contribution in [2.24, 2.45) is 0 Å². The van der Waals surface area contributed by atoms with Gasteiger partial charge < -0.3 is 9.47 Å². The molecule has 244 valence electrons. The molecule has 9 aromatic carbocycles. The molecule has 10 rings (SSSR count). The molecule has 1 heterocycles. The summed E-state index contributed by atoms with van der Waals surface area (Å²) in [5.41, 5.74) is 11.8. The van der Waals surface area contributed by atoms with Gasteiger partial charge in [-0.05, 0) is 99.1 Å². The van der Waals surface area contributed by atoms with Crippen molar-refractivity contribution in [1.29, 1.82) is 0 Å². The van der Waals surface area contributed by atoms with Crippen LogP contribution in [0.25, 0.3) is 71.3 Å². The minimum atomic E-state index is 1.10. The number of benzene rings is 9. The van der Waals surface area contributed by atoms with Crippen molar-refractivity contribution < 1.29 is 0 Å². The quantitative estimate of drug-likeness (QED) is 0.172. The van der Waals surface area contributed by atoms with E-state index < -0.39 is 0 Å². The van der Waals surface area contributed by atoms with Crippen LogP contribution < -0.4 is 4.90 Å². The number of hydrogen-bond acceptors (Lipinski definition) is 1. The molecule has 0 spiro atoms. The van der Waals surface area contributed by atoms with E-state index in [2.05, 4.69) is 216 Å². The smallest absolute Gasteiger partial charge is 0.0619 e. The molecule has 0 aliphatic carbocycles. The van der Waals surface area contributed by atoms with Crippen LogP contribution in [0, 0.1) is 0 Å². The molecule has 0 atom stereocenters. The summed E-state index contributed by atoms with van der Waals surface area (Å²) in [6, 6.07) is 74.6. The van der Waals surface area contributed by atoms with E-state index in [0.29, 0.717) is 0 Å². The molecular formula is C50H34N2. The highest BCUT2D eigenvalue weighted by Crippen LogP contribution is 2.40. The van der Waals surface area contributed by atoms with Gasteiger partial charge in [0.15, 0.2) is 0 Å². The standard InChI is InChI=1S/C50H34N2/c1-2-15-40(16-3-1)51(41-27-24-37(25-28-41)44-17-8-9-18-45(44)39-23-22-35-12-4-5-14-38(35)34-39)42-29-31-43(32-30-42)52-49-21-11-10-20-47(49)48-33-26-36-13-6-7-19-46(36)50(48)52/h1-34H. The maximum absolute atomic E-state index is 2.42. The maximum atomic E-state index is 2.42. The predicted octanol–water partition coefficient (Wildman–Crippen LogP) is 13.9. The van der Waals surface area contributed by atoms with E-state index in [9.17, 15) is 0 Å². The zero-order chi connectivity index (χ0) is 34.4. The number of hydrogen-bond donors (Lipinski definition) is 0. The van der Waals surface area contributed by atoms with Gasteiger partial charge in [-0.15, -0.1) is 0 Å². The van der Waals surface area contributed by atoms with E-state index in [1.54, 1.807) is 0 Å². The number of nitrogens with zero attached hydrogens (tertiary/aromatic N) is 2. The van der Waals surface area contributed by atoms with E-state index in [1.165, 1.54) is 65.6 Å². The average Bonchev–Trinajstić information content (AvgIpc) is 3.57. The van der Waals surface area contributed by atoms with Crippen LogP contribution in [-0.4, -0.2) is 4.57 Å². The highest BCUT2D eigenvalue weighted by Gasteiger charge is 2.17. The van der Waals surface area contributed by atoms with Crippen LogP contribution in [0.2, 0.25) is 0 Å². The Hall–Kier alpha value is -6.90. The number of anilines is 3. The predicted molar refractivity (Wildman–Crippen MR) is 221 cm³/mol. The van der Waals surface area contributed by atoms with Gasteiger partial charge in [0.25, 0.3) is 0 Å². The number of fused-ring (bicyclic) bond motifs is 6. The van der Waals surface area contributed by atoms with Crippen molar-refractivity contribution in [3.63, 3.8) is 0 Å². The van der Waals surface area contributed by atoms with Gasteiger partial charge in [0.05, 0.1) is 11.0 Å². The first-order valence-corrected chi connectivity index (χ1v) is 17.9. The molecule has 0 radical (unpaired) electrons. The zero-order valence-corrected chi connectivity index (χ0v) is 28.5. The third kappa shape index (κ3) is 5.04. The third-order valence-electron chi connectivity index (χ3n) is 10.4. The van der Waals surface area contributed by atoms with Gasteiger partial charge in [-0.1, -0.05) is 146 Å². The van der Waals surface area contributed by atoms with Gasteiger partial charge >= 0.3 is 0 Å².